The lowest BCUT2D eigenvalue weighted by Crippen LogP contribution is -2.35. The van der Waals surface area contributed by atoms with Gasteiger partial charge in [-0.25, -0.2) is 4.39 Å². The standard InChI is InChI=1S/C16H16FIN2OS/c17-13-2-4-14(5-3-13)19-6-1-7-20(9-8-19)16(21)12-10-15(18)22-11-12/h2-5,10-11H,1,6-9H2. The molecule has 1 aromatic carbocycles. The van der Waals surface area contributed by atoms with Gasteiger partial charge in [0.2, 0.25) is 0 Å². The van der Waals surface area contributed by atoms with Gasteiger partial charge in [-0.1, -0.05) is 0 Å². The summed E-state index contributed by atoms with van der Waals surface area (Å²) in [5.41, 5.74) is 1.80. The molecule has 116 valence electrons. The Morgan fingerprint density at radius 1 is 1.14 bits per heavy atom. The van der Waals surface area contributed by atoms with Gasteiger partial charge in [-0.15, -0.1) is 11.3 Å². The molecule has 0 saturated carbocycles. The van der Waals surface area contributed by atoms with Gasteiger partial charge >= 0.3 is 0 Å². The summed E-state index contributed by atoms with van der Waals surface area (Å²) in [4.78, 5) is 16.6. The van der Waals surface area contributed by atoms with Crippen molar-refractivity contribution in [3.8, 4) is 0 Å². The normalized spacial score (nSPS) is 15.7. The van der Waals surface area contributed by atoms with Crippen LogP contribution in [0.2, 0.25) is 0 Å². The Labute approximate surface area is 146 Å². The lowest BCUT2D eigenvalue weighted by atomic mass is 10.2. The second kappa shape index (κ2) is 6.95. The van der Waals surface area contributed by atoms with E-state index in [4.69, 9.17) is 0 Å². The lowest BCUT2D eigenvalue weighted by Gasteiger charge is -2.23. The minimum Gasteiger partial charge on any atom is -0.370 e. The van der Waals surface area contributed by atoms with E-state index >= 15 is 0 Å². The Morgan fingerprint density at radius 3 is 2.59 bits per heavy atom. The van der Waals surface area contributed by atoms with E-state index in [-0.39, 0.29) is 11.7 Å². The Bertz CT molecular complexity index is 658. The van der Waals surface area contributed by atoms with E-state index in [0.717, 1.165) is 40.2 Å². The van der Waals surface area contributed by atoms with Crippen molar-refractivity contribution in [2.75, 3.05) is 31.1 Å². The van der Waals surface area contributed by atoms with Gasteiger partial charge in [0.15, 0.2) is 0 Å². The third-order valence-corrected chi connectivity index (χ3v) is 5.58. The Hall–Kier alpha value is -1.15. The van der Waals surface area contributed by atoms with Crippen LogP contribution in [0.1, 0.15) is 16.8 Å². The number of rotatable bonds is 2. The van der Waals surface area contributed by atoms with Crippen LogP contribution in [0.25, 0.3) is 0 Å². The van der Waals surface area contributed by atoms with E-state index in [1.807, 2.05) is 16.3 Å². The average Bonchev–Trinajstić information content (AvgIpc) is 2.81. The fourth-order valence-electron chi connectivity index (χ4n) is 2.64. The predicted molar refractivity (Wildman–Crippen MR) is 96.2 cm³/mol. The van der Waals surface area contributed by atoms with Gasteiger partial charge in [0.05, 0.1) is 8.45 Å². The molecular weight excluding hydrogens is 414 g/mol. The van der Waals surface area contributed by atoms with Crippen LogP contribution >= 0.6 is 33.9 Å². The summed E-state index contributed by atoms with van der Waals surface area (Å²) in [5, 5.41) is 1.92. The molecular formula is C16H16FIN2OS. The number of benzene rings is 1. The molecule has 1 aliphatic heterocycles. The number of amides is 1. The molecule has 1 fully saturated rings. The third kappa shape index (κ3) is 3.60. The molecule has 0 N–H and O–H groups in total. The van der Waals surface area contributed by atoms with Crippen LogP contribution in [-0.2, 0) is 0 Å². The summed E-state index contributed by atoms with van der Waals surface area (Å²) >= 11 is 3.83. The van der Waals surface area contributed by atoms with Crippen LogP contribution in [0.15, 0.2) is 35.7 Å². The Balaban J connectivity index is 1.67. The highest BCUT2D eigenvalue weighted by Crippen LogP contribution is 2.20. The average molecular weight is 430 g/mol. The fraction of sp³-hybridized carbons (Fsp3) is 0.312. The maximum atomic E-state index is 13.0. The molecule has 2 aromatic rings. The van der Waals surface area contributed by atoms with Crippen molar-refractivity contribution in [3.05, 3.63) is 50.0 Å². The number of carbonyl (C=O) groups is 1. The van der Waals surface area contributed by atoms with Crippen LogP contribution in [0.3, 0.4) is 0 Å². The van der Waals surface area contributed by atoms with Crippen LogP contribution in [0, 0.1) is 8.70 Å². The molecule has 0 radical (unpaired) electrons. The van der Waals surface area contributed by atoms with Gasteiger partial charge in [-0.2, -0.15) is 0 Å². The summed E-state index contributed by atoms with van der Waals surface area (Å²) in [6.07, 6.45) is 0.921. The maximum Gasteiger partial charge on any atom is 0.254 e. The van der Waals surface area contributed by atoms with Crippen LogP contribution < -0.4 is 4.90 Å². The van der Waals surface area contributed by atoms with Gasteiger partial charge in [-0.05, 0) is 59.3 Å². The molecule has 3 nitrogen and oxygen atoms in total. The monoisotopic (exact) mass is 430 g/mol. The molecule has 1 aliphatic rings. The highest BCUT2D eigenvalue weighted by molar-refractivity contribution is 14.1. The number of halogens is 2. The first-order valence-corrected chi connectivity index (χ1v) is 9.13. The molecule has 0 spiro atoms. The molecule has 1 aromatic heterocycles. The maximum absolute atomic E-state index is 13.0. The molecule has 2 heterocycles. The molecule has 1 saturated heterocycles. The van der Waals surface area contributed by atoms with Crippen molar-refractivity contribution in [3.63, 3.8) is 0 Å². The summed E-state index contributed by atoms with van der Waals surface area (Å²) in [6.45, 7) is 3.13. The number of thiophene rings is 1. The smallest absolute Gasteiger partial charge is 0.254 e. The number of nitrogens with zero attached hydrogens (tertiary/aromatic N) is 2. The first kappa shape index (κ1) is 15.7. The first-order chi connectivity index (χ1) is 10.6. The molecule has 1 amide bonds. The molecule has 0 atom stereocenters. The van der Waals surface area contributed by atoms with Crippen molar-refractivity contribution in [2.45, 2.75) is 6.42 Å². The predicted octanol–water partition coefficient (Wildman–Crippen LogP) is 3.84. The third-order valence-electron chi connectivity index (χ3n) is 3.79. The van der Waals surface area contributed by atoms with Gasteiger partial charge in [0.1, 0.15) is 5.82 Å². The number of hydrogen-bond acceptors (Lipinski definition) is 3. The molecule has 22 heavy (non-hydrogen) atoms. The van der Waals surface area contributed by atoms with Crippen molar-refractivity contribution in [1.82, 2.24) is 4.90 Å². The van der Waals surface area contributed by atoms with Crippen LogP contribution in [-0.4, -0.2) is 37.0 Å². The summed E-state index contributed by atoms with van der Waals surface area (Å²) < 4.78 is 14.1. The van der Waals surface area contributed by atoms with Crippen molar-refractivity contribution in [2.24, 2.45) is 0 Å². The minimum atomic E-state index is -0.220. The quantitative estimate of drug-likeness (QED) is 0.677. The van der Waals surface area contributed by atoms with E-state index in [9.17, 15) is 9.18 Å². The fourth-order valence-corrected chi connectivity index (χ4v) is 3.96. The highest BCUT2D eigenvalue weighted by Gasteiger charge is 2.21. The molecule has 0 unspecified atom stereocenters. The zero-order chi connectivity index (χ0) is 15.5. The van der Waals surface area contributed by atoms with Crippen molar-refractivity contribution >= 4 is 45.5 Å². The number of anilines is 1. The van der Waals surface area contributed by atoms with E-state index in [2.05, 4.69) is 27.5 Å². The van der Waals surface area contributed by atoms with Gasteiger partial charge < -0.3 is 9.80 Å². The van der Waals surface area contributed by atoms with E-state index in [0.29, 0.717) is 6.54 Å². The summed E-state index contributed by atoms with van der Waals surface area (Å²) in [5.74, 6) is -0.109. The topological polar surface area (TPSA) is 23.6 Å². The SMILES string of the molecule is O=C(c1csc(I)c1)N1CCCN(c2ccc(F)cc2)CC1. The Kier molecular flexibility index (Phi) is 4.97. The van der Waals surface area contributed by atoms with Crippen molar-refractivity contribution in [1.29, 1.82) is 0 Å². The largest absolute Gasteiger partial charge is 0.370 e. The van der Waals surface area contributed by atoms with Crippen LogP contribution in [0.5, 0.6) is 0 Å². The second-order valence-corrected chi connectivity index (χ2v) is 8.05. The highest BCUT2D eigenvalue weighted by atomic mass is 127. The minimum absolute atomic E-state index is 0.111. The van der Waals surface area contributed by atoms with Gasteiger partial charge in [-0.3, -0.25) is 4.79 Å². The number of hydrogen-bond donors (Lipinski definition) is 0. The molecule has 0 aliphatic carbocycles. The van der Waals surface area contributed by atoms with E-state index in [1.54, 1.807) is 23.5 Å². The van der Waals surface area contributed by atoms with Gasteiger partial charge in [0, 0.05) is 37.2 Å². The second-order valence-electron chi connectivity index (χ2n) is 5.25. The van der Waals surface area contributed by atoms with E-state index in [1.165, 1.54) is 12.1 Å². The zero-order valence-electron chi connectivity index (χ0n) is 12.0. The summed E-state index contributed by atoms with van der Waals surface area (Å²) in [6, 6.07) is 8.51. The summed E-state index contributed by atoms with van der Waals surface area (Å²) in [7, 11) is 0. The molecule has 3 rings (SSSR count). The zero-order valence-corrected chi connectivity index (χ0v) is 14.9. The Morgan fingerprint density at radius 2 is 1.91 bits per heavy atom. The van der Waals surface area contributed by atoms with E-state index < -0.39 is 0 Å². The van der Waals surface area contributed by atoms with Gasteiger partial charge in [0.25, 0.3) is 5.91 Å². The number of carbonyl (C=O) groups excluding carboxylic acids is 1. The molecule has 6 heteroatoms. The lowest BCUT2D eigenvalue weighted by molar-refractivity contribution is 0.0767. The van der Waals surface area contributed by atoms with Crippen molar-refractivity contribution < 1.29 is 9.18 Å². The van der Waals surface area contributed by atoms with Crippen LogP contribution in [0.4, 0.5) is 10.1 Å². The first-order valence-electron chi connectivity index (χ1n) is 7.17. The molecule has 0 bridgehead atoms.